The lowest BCUT2D eigenvalue weighted by Gasteiger charge is -2.35. The molecule has 0 saturated heterocycles. The van der Waals surface area contributed by atoms with Crippen LogP contribution in [0.5, 0.6) is 0 Å². The van der Waals surface area contributed by atoms with Crippen LogP contribution in [0.1, 0.15) is 64.3 Å². The molecule has 1 heterocycles. The summed E-state index contributed by atoms with van der Waals surface area (Å²) in [5.41, 5.74) is 6.23. The number of hydrogen-bond donors (Lipinski definition) is 2. The van der Waals surface area contributed by atoms with Crippen LogP contribution in [0.25, 0.3) is 0 Å². The molecule has 1 aromatic rings. The van der Waals surface area contributed by atoms with Crippen LogP contribution < -0.4 is 11.1 Å². The monoisotopic (exact) mass is 349 g/mol. The molecule has 0 unspecified atom stereocenters. The van der Waals surface area contributed by atoms with Crippen LogP contribution in [0, 0.1) is 5.92 Å². The minimum atomic E-state index is -0.0286. The maximum absolute atomic E-state index is 12.6. The van der Waals surface area contributed by atoms with E-state index in [0.29, 0.717) is 6.04 Å². The highest BCUT2D eigenvalue weighted by molar-refractivity contribution is 5.79. The second kappa shape index (κ2) is 8.76. The molecule has 3 rings (SSSR count). The van der Waals surface area contributed by atoms with E-state index in [0.717, 1.165) is 58.0 Å². The number of aromatic nitrogens is 3. The lowest BCUT2D eigenvalue weighted by molar-refractivity contribution is -0.128. The van der Waals surface area contributed by atoms with Crippen LogP contribution >= 0.6 is 0 Å². The van der Waals surface area contributed by atoms with Gasteiger partial charge in [-0.25, -0.2) is 9.67 Å². The lowest BCUT2D eigenvalue weighted by Crippen LogP contribution is -2.48. The molecule has 0 bridgehead atoms. The average Bonchev–Trinajstić information content (AvgIpc) is 3.16. The Kier molecular flexibility index (Phi) is 6.42. The molecular weight excluding hydrogens is 318 g/mol. The normalized spacial score (nSPS) is 33.1. The Bertz CT molecular complexity index is 528. The Labute approximate surface area is 149 Å². The van der Waals surface area contributed by atoms with E-state index in [1.807, 2.05) is 4.68 Å². The third-order valence-electron chi connectivity index (χ3n) is 5.59. The van der Waals surface area contributed by atoms with Crippen molar-refractivity contribution >= 4 is 5.91 Å². The van der Waals surface area contributed by atoms with Crippen molar-refractivity contribution in [3.8, 4) is 0 Å². The molecule has 140 valence electrons. The van der Waals surface area contributed by atoms with E-state index in [-0.39, 0.29) is 30.0 Å². The summed E-state index contributed by atoms with van der Waals surface area (Å²) >= 11 is 0. The Morgan fingerprint density at radius 1 is 1.28 bits per heavy atom. The van der Waals surface area contributed by atoms with Gasteiger partial charge < -0.3 is 15.8 Å². The van der Waals surface area contributed by atoms with Crippen LogP contribution in [0.3, 0.4) is 0 Å². The molecular formula is C18H31N5O2. The molecule has 3 N–H and O–H groups in total. The predicted octanol–water partition coefficient (Wildman–Crippen LogP) is 1.80. The van der Waals surface area contributed by atoms with Gasteiger partial charge in [-0.3, -0.25) is 4.79 Å². The van der Waals surface area contributed by atoms with Crippen molar-refractivity contribution in [2.24, 2.45) is 11.7 Å². The lowest BCUT2D eigenvalue weighted by atomic mass is 9.83. The van der Waals surface area contributed by atoms with Crippen molar-refractivity contribution in [2.45, 2.75) is 82.5 Å². The van der Waals surface area contributed by atoms with E-state index >= 15 is 0 Å². The van der Waals surface area contributed by atoms with Gasteiger partial charge in [-0.15, -0.1) is 0 Å². The van der Waals surface area contributed by atoms with Crippen molar-refractivity contribution in [3.63, 3.8) is 0 Å². The van der Waals surface area contributed by atoms with E-state index in [4.69, 9.17) is 10.5 Å². The molecule has 0 spiro atoms. The first-order chi connectivity index (χ1) is 12.2. The van der Waals surface area contributed by atoms with E-state index in [1.54, 1.807) is 12.7 Å². The van der Waals surface area contributed by atoms with Gasteiger partial charge >= 0.3 is 0 Å². The standard InChI is InChI=1S/C18H31N5O2/c1-2-9-25-17-8-3-13(10-16(17)19)18(24)22-14-4-6-15(7-5-14)23-12-20-11-21-23/h11-17H,2-10,19H2,1H3,(H,22,24)/t13-,14?,15?,16+,17+/m0/s1. The zero-order valence-corrected chi connectivity index (χ0v) is 15.1. The van der Waals surface area contributed by atoms with Crippen LogP contribution in [-0.4, -0.2) is 45.5 Å². The molecule has 2 aliphatic rings. The molecule has 0 radical (unpaired) electrons. The number of nitrogens with one attached hydrogen (secondary N) is 1. The molecule has 2 fully saturated rings. The van der Waals surface area contributed by atoms with Gasteiger partial charge in [0.05, 0.1) is 12.1 Å². The fraction of sp³-hybridized carbons (Fsp3) is 0.833. The topological polar surface area (TPSA) is 95.1 Å². The highest BCUT2D eigenvalue weighted by Gasteiger charge is 2.33. The summed E-state index contributed by atoms with van der Waals surface area (Å²) in [6, 6.07) is 0.659. The predicted molar refractivity (Wildman–Crippen MR) is 94.8 cm³/mol. The van der Waals surface area contributed by atoms with Crippen LogP contribution in [-0.2, 0) is 9.53 Å². The summed E-state index contributed by atoms with van der Waals surface area (Å²) in [5.74, 6) is 0.207. The van der Waals surface area contributed by atoms with E-state index in [2.05, 4.69) is 22.3 Å². The number of carbonyl (C=O) groups excluding carboxylic acids is 1. The summed E-state index contributed by atoms with van der Waals surface area (Å²) in [6.07, 6.45) is 11.0. The number of hydrogen-bond acceptors (Lipinski definition) is 5. The minimum Gasteiger partial charge on any atom is -0.377 e. The number of ether oxygens (including phenoxy) is 1. The number of rotatable bonds is 6. The first kappa shape index (κ1) is 18.3. The SMILES string of the molecule is CCCO[C@@H]1CC[C@H](C(=O)NC2CCC(n3cncn3)CC2)C[C@H]1N. The summed E-state index contributed by atoms with van der Waals surface area (Å²) in [4.78, 5) is 16.6. The Morgan fingerprint density at radius 3 is 2.72 bits per heavy atom. The largest absolute Gasteiger partial charge is 0.377 e. The highest BCUT2D eigenvalue weighted by atomic mass is 16.5. The van der Waals surface area contributed by atoms with Crippen molar-refractivity contribution in [3.05, 3.63) is 12.7 Å². The van der Waals surface area contributed by atoms with Gasteiger partial charge in [0.15, 0.2) is 0 Å². The first-order valence-electron chi connectivity index (χ1n) is 9.69. The van der Waals surface area contributed by atoms with Gasteiger partial charge in [0.25, 0.3) is 0 Å². The van der Waals surface area contributed by atoms with Crippen molar-refractivity contribution in [2.75, 3.05) is 6.61 Å². The van der Waals surface area contributed by atoms with Gasteiger partial charge in [0.1, 0.15) is 12.7 Å². The number of carbonyl (C=O) groups is 1. The smallest absolute Gasteiger partial charge is 0.223 e. The quantitative estimate of drug-likeness (QED) is 0.816. The van der Waals surface area contributed by atoms with Crippen LogP contribution in [0.2, 0.25) is 0 Å². The van der Waals surface area contributed by atoms with Gasteiger partial charge in [0, 0.05) is 24.6 Å². The second-order valence-electron chi connectivity index (χ2n) is 7.47. The molecule has 2 saturated carbocycles. The molecule has 0 aliphatic heterocycles. The molecule has 1 amide bonds. The van der Waals surface area contributed by atoms with Crippen molar-refractivity contribution in [1.29, 1.82) is 0 Å². The van der Waals surface area contributed by atoms with Crippen molar-refractivity contribution < 1.29 is 9.53 Å². The molecule has 0 aromatic carbocycles. The van der Waals surface area contributed by atoms with Crippen molar-refractivity contribution in [1.82, 2.24) is 20.1 Å². The summed E-state index contributed by atoms with van der Waals surface area (Å²) in [5, 5.41) is 7.48. The van der Waals surface area contributed by atoms with Crippen LogP contribution in [0.4, 0.5) is 0 Å². The second-order valence-corrected chi connectivity index (χ2v) is 7.47. The van der Waals surface area contributed by atoms with E-state index in [9.17, 15) is 4.79 Å². The van der Waals surface area contributed by atoms with Gasteiger partial charge in [-0.05, 0) is 51.4 Å². The fourth-order valence-electron chi connectivity index (χ4n) is 4.10. The third-order valence-corrected chi connectivity index (χ3v) is 5.59. The number of nitrogens with two attached hydrogens (primary N) is 1. The molecule has 7 nitrogen and oxygen atoms in total. The van der Waals surface area contributed by atoms with E-state index < -0.39 is 0 Å². The zero-order chi connectivity index (χ0) is 17.6. The van der Waals surface area contributed by atoms with Gasteiger partial charge in [0.2, 0.25) is 5.91 Å². The average molecular weight is 349 g/mol. The minimum absolute atomic E-state index is 0.0286. The Morgan fingerprint density at radius 2 is 2.08 bits per heavy atom. The number of nitrogens with zero attached hydrogens (tertiary/aromatic N) is 3. The summed E-state index contributed by atoms with van der Waals surface area (Å²) in [6.45, 7) is 2.85. The highest BCUT2D eigenvalue weighted by Crippen LogP contribution is 2.29. The maximum atomic E-state index is 12.6. The van der Waals surface area contributed by atoms with Gasteiger partial charge in [-0.1, -0.05) is 6.92 Å². The Balaban J connectivity index is 1.41. The molecule has 3 atom stereocenters. The van der Waals surface area contributed by atoms with Crippen LogP contribution in [0.15, 0.2) is 12.7 Å². The Hall–Kier alpha value is -1.47. The number of amides is 1. The first-order valence-corrected chi connectivity index (χ1v) is 9.69. The molecule has 2 aliphatic carbocycles. The summed E-state index contributed by atoms with van der Waals surface area (Å²) in [7, 11) is 0. The zero-order valence-electron chi connectivity index (χ0n) is 15.1. The van der Waals surface area contributed by atoms with E-state index in [1.165, 1.54) is 0 Å². The summed E-state index contributed by atoms with van der Waals surface area (Å²) < 4.78 is 7.74. The maximum Gasteiger partial charge on any atom is 0.223 e. The third kappa shape index (κ3) is 4.79. The molecule has 1 aromatic heterocycles. The fourth-order valence-corrected chi connectivity index (χ4v) is 4.10. The molecule has 7 heteroatoms. The molecule has 25 heavy (non-hydrogen) atoms. The van der Waals surface area contributed by atoms with Gasteiger partial charge in [-0.2, -0.15) is 5.10 Å².